The molecule has 0 aliphatic heterocycles. The highest BCUT2D eigenvalue weighted by molar-refractivity contribution is 7.13. The van der Waals surface area contributed by atoms with E-state index in [4.69, 9.17) is 15.7 Å². The van der Waals surface area contributed by atoms with Gasteiger partial charge < -0.3 is 25.8 Å². The lowest BCUT2D eigenvalue weighted by Gasteiger charge is -2.16. The topological polar surface area (TPSA) is 144 Å². The number of anilines is 1. The number of carbonyl (C=O) groups is 3. The zero-order chi connectivity index (χ0) is 16.0. The van der Waals surface area contributed by atoms with Crippen LogP contribution in [0.1, 0.15) is 19.5 Å². The van der Waals surface area contributed by atoms with Gasteiger partial charge in [0.05, 0.1) is 6.54 Å². The van der Waals surface area contributed by atoms with Crippen molar-refractivity contribution in [1.82, 2.24) is 10.3 Å². The van der Waals surface area contributed by atoms with Gasteiger partial charge in [0.2, 0.25) is 5.60 Å². The maximum Gasteiger partial charge on any atom is 0.350 e. The van der Waals surface area contributed by atoms with Crippen LogP contribution in [0.3, 0.4) is 0 Å². The molecule has 0 radical (unpaired) electrons. The summed E-state index contributed by atoms with van der Waals surface area (Å²) in [5, 5.41) is 16.4. The predicted molar refractivity (Wildman–Crippen MR) is 74.9 cm³/mol. The third kappa shape index (κ3) is 4.53. The number of carboxylic acid groups (broad SMARTS) is 1. The Labute approximate surface area is 123 Å². The average Bonchev–Trinajstić information content (AvgIpc) is 2.82. The van der Waals surface area contributed by atoms with Gasteiger partial charge >= 0.3 is 5.97 Å². The molecule has 0 bridgehead atoms. The average molecular weight is 314 g/mol. The number of nitrogen functional groups attached to an aromatic ring is 1. The van der Waals surface area contributed by atoms with E-state index < -0.39 is 17.5 Å². The molecule has 0 spiro atoms. The van der Waals surface area contributed by atoms with E-state index in [1.807, 2.05) is 0 Å². The van der Waals surface area contributed by atoms with Gasteiger partial charge in [-0.2, -0.15) is 0 Å². The van der Waals surface area contributed by atoms with Gasteiger partial charge in [0.1, 0.15) is 12.0 Å². The number of nitrogens with two attached hydrogens (primary N) is 1. The highest BCUT2D eigenvalue weighted by atomic mass is 32.1. The maximum atomic E-state index is 11.9. The number of nitrogens with zero attached hydrogens (tertiary/aromatic N) is 2. The summed E-state index contributed by atoms with van der Waals surface area (Å²) in [4.78, 5) is 41.9. The van der Waals surface area contributed by atoms with Crippen LogP contribution in [0.25, 0.3) is 0 Å². The number of aliphatic carboxylic acids is 1. The molecule has 0 aliphatic carbocycles. The number of thiazole rings is 1. The molecule has 4 N–H and O–H groups in total. The lowest BCUT2D eigenvalue weighted by atomic mass is 10.1. The Bertz CT molecular complexity index is 581. The first-order valence-electron chi connectivity index (χ1n) is 5.70. The molecule has 0 atom stereocenters. The van der Waals surface area contributed by atoms with Gasteiger partial charge in [0, 0.05) is 5.38 Å². The molecule has 1 amide bonds. The van der Waals surface area contributed by atoms with Crippen LogP contribution in [0.5, 0.6) is 0 Å². The summed E-state index contributed by atoms with van der Waals surface area (Å²) in [5.41, 5.74) is 3.71. The number of aromatic nitrogens is 1. The molecule has 10 heteroatoms. The molecule has 114 valence electrons. The molecule has 1 aromatic rings. The van der Waals surface area contributed by atoms with Gasteiger partial charge in [0.25, 0.3) is 5.91 Å². The van der Waals surface area contributed by atoms with Crippen LogP contribution in [0.2, 0.25) is 0 Å². The molecule has 9 nitrogen and oxygen atoms in total. The number of nitrogens with one attached hydrogen (secondary N) is 1. The van der Waals surface area contributed by atoms with E-state index in [0.717, 1.165) is 11.3 Å². The number of amides is 1. The van der Waals surface area contributed by atoms with Crippen LogP contribution in [0.15, 0.2) is 10.5 Å². The summed E-state index contributed by atoms with van der Waals surface area (Å²) < 4.78 is 0. The first-order chi connectivity index (χ1) is 9.77. The summed E-state index contributed by atoms with van der Waals surface area (Å²) in [6.45, 7) is 2.32. The van der Waals surface area contributed by atoms with Crippen LogP contribution in [0, 0.1) is 0 Å². The highest BCUT2D eigenvalue weighted by Gasteiger charge is 2.31. The maximum absolute atomic E-state index is 11.9. The minimum Gasteiger partial charge on any atom is -0.478 e. The number of hydrogen-bond donors (Lipinski definition) is 3. The van der Waals surface area contributed by atoms with E-state index in [1.165, 1.54) is 19.2 Å². The first-order valence-corrected chi connectivity index (χ1v) is 6.58. The monoisotopic (exact) mass is 314 g/mol. The zero-order valence-electron chi connectivity index (χ0n) is 11.3. The van der Waals surface area contributed by atoms with E-state index in [9.17, 15) is 14.4 Å². The molecular formula is C11H14N4O5S. The minimum atomic E-state index is -1.63. The third-order valence-corrected chi connectivity index (χ3v) is 2.88. The molecule has 0 aromatic carbocycles. The van der Waals surface area contributed by atoms with Crippen LogP contribution >= 0.6 is 11.3 Å². The second-order valence-electron chi connectivity index (χ2n) is 4.29. The Kier molecular flexibility index (Phi) is 5.36. The second-order valence-corrected chi connectivity index (χ2v) is 5.18. The Morgan fingerprint density at radius 1 is 1.62 bits per heavy atom. The van der Waals surface area contributed by atoms with Gasteiger partial charge in [-0.25, -0.2) is 9.78 Å². The second kappa shape index (κ2) is 6.79. The molecule has 1 rings (SSSR count). The number of hydrogen-bond acceptors (Lipinski definition) is 8. The molecule has 21 heavy (non-hydrogen) atoms. The fraction of sp³-hybridized carbons (Fsp3) is 0.364. The largest absolute Gasteiger partial charge is 0.478 e. The van der Waals surface area contributed by atoms with Crippen LogP contribution < -0.4 is 11.1 Å². The van der Waals surface area contributed by atoms with Crippen molar-refractivity contribution in [3.8, 4) is 0 Å². The number of carbonyl (C=O) groups excluding carboxylic acids is 2. The van der Waals surface area contributed by atoms with Crippen molar-refractivity contribution >= 4 is 40.3 Å². The number of aldehydes is 1. The number of oxime groups is 1. The molecule has 1 heterocycles. The van der Waals surface area contributed by atoms with E-state index in [2.05, 4.69) is 15.5 Å². The summed E-state index contributed by atoms with van der Waals surface area (Å²) in [5.74, 6) is -1.98. The van der Waals surface area contributed by atoms with Crippen molar-refractivity contribution < 1.29 is 24.3 Å². The van der Waals surface area contributed by atoms with E-state index in [-0.39, 0.29) is 23.1 Å². The SMILES string of the molecule is CC(C)(O/N=C(\C(=O)NCC=O)c1csc(N)n1)C(=O)O. The van der Waals surface area contributed by atoms with Crippen molar-refractivity contribution in [3.05, 3.63) is 11.1 Å². The normalized spacial score (nSPS) is 11.8. The van der Waals surface area contributed by atoms with Gasteiger partial charge in [-0.3, -0.25) is 4.79 Å². The van der Waals surface area contributed by atoms with Crippen molar-refractivity contribution in [3.63, 3.8) is 0 Å². The molecule has 0 unspecified atom stereocenters. The van der Waals surface area contributed by atoms with Gasteiger partial charge in [-0.1, -0.05) is 5.16 Å². The molecule has 0 saturated heterocycles. The van der Waals surface area contributed by atoms with Crippen molar-refractivity contribution in [2.75, 3.05) is 12.3 Å². The molecule has 0 aliphatic rings. The summed E-state index contributed by atoms with van der Waals surface area (Å²) in [6, 6.07) is 0. The predicted octanol–water partition coefficient (Wildman–Crippen LogP) is -0.376. The molecule has 0 saturated carbocycles. The number of carboxylic acids is 1. The van der Waals surface area contributed by atoms with E-state index in [0.29, 0.717) is 6.29 Å². The fourth-order valence-electron chi connectivity index (χ4n) is 1.02. The van der Waals surface area contributed by atoms with E-state index >= 15 is 0 Å². The lowest BCUT2D eigenvalue weighted by molar-refractivity contribution is -0.161. The van der Waals surface area contributed by atoms with Crippen LogP contribution in [0.4, 0.5) is 5.13 Å². The van der Waals surface area contributed by atoms with Gasteiger partial charge in [-0.05, 0) is 13.8 Å². The standard InChI is InChI=1S/C11H14N4O5S/c1-11(2,9(18)19)20-15-7(8(17)13-3-4-16)6-5-21-10(12)14-6/h4-5H,3H2,1-2H3,(H2,12,14)(H,13,17)(H,18,19)/b15-7-. The zero-order valence-corrected chi connectivity index (χ0v) is 12.1. The number of rotatable bonds is 7. The van der Waals surface area contributed by atoms with E-state index in [1.54, 1.807) is 0 Å². The van der Waals surface area contributed by atoms with Gasteiger partial charge in [0.15, 0.2) is 10.8 Å². The van der Waals surface area contributed by atoms with Crippen LogP contribution in [-0.4, -0.2) is 46.1 Å². The van der Waals surface area contributed by atoms with Crippen molar-refractivity contribution in [2.24, 2.45) is 5.16 Å². The fourth-order valence-corrected chi connectivity index (χ4v) is 1.57. The summed E-state index contributed by atoms with van der Waals surface area (Å²) in [7, 11) is 0. The smallest absolute Gasteiger partial charge is 0.350 e. The quantitative estimate of drug-likeness (QED) is 0.353. The molecule has 1 aromatic heterocycles. The molecular weight excluding hydrogens is 300 g/mol. The third-order valence-electron chi connectivity index (χ3n) is 2.21. The Morgan fingerprint density at radius 2 is 2.29 bits per heavy atom. The summed E-state index contributed by atoms with van der Waals surface area (Å²) in [6.07, 6.45) is 0.493. The minimum absolute atomic E-state index is 0.127. The Hall–Kier alpha value is -2.49. The van der Waals surface area contributed by atoms with Gasteiger partial charge in [-0.15, -0.1) is 11.3 Å². The van der Waals surface area contributed by atoms with Crippen molar-refractivity contribution in [2.45, 2.75) is 19.4 Å². The highest BCUT2D eigenvalue weighted by Crippen LogP contribution is 2.15. The van der Waals surface area contributed by atoms with Crippen molar-refractivity contribution in [1.29, 1.82) is 0 Å². The Morgan fingerprint density at radius 3 is 2.76 bits per heavy atom. The van der Waals surface area contributed by atoms with Crippen LogP contribution in [-0.2, 0) is 19.2 Å². The Balaban J connectivity index is 3.04. The lowest BCUT2D eigenvalue weighted by Crippen LogP contribution is -2.36. The summed E-state index contributed by atoms with van der Waals surface area (Å²) >= 11 is 1.08. The molecule has 0 fully saturated rings. The first kappa shape index (κ1) is 16.6.